The highest BCUT2D eigenvalue weighted by Crippen LogP contribution is 2.33. The molecule has 1 heterocycles. The Morgan fingerprint density at radius 2 is 2.24 bits per heavy atom. The lowest BCUT2D eigenvalue weighted by Gasteiger charge is -2.15. The van der Waals surface area contributed by atoms with Gasteiger partial charge in [0, 0.05) is 18.5 Å². The predicted molar refractivity (Wildman–Crippen MR) is 71.6 cm³/mol. The van der Waals surface area contributed by atoms with Crippen molar-refractivity contribution in [2.75, 3.05) is 26.8 Å². The molecule has 1 unspecified atom stereocenters. The monoisotopic (exact) mass is 257 g/mol. The van der Waals surface area contributed by atoms with Gasteiger partial charge in [-0.1, -0.05) is 6.07 Å². The summed E-state index contributed by atoms with van der Waals surface area (Å²) in [5.74, 6) is 2.40. The third-order valence-corrected chi connectivity index (χ3v) is 3.02. The van der Waals surface area contributed by atoms with E-state index in [-0.39, 0.29) is 12.4 Å². The summed E-state index contributed by atoms with van der Waals surface area (Å²) in [6, 6.07) is 6.14. The third kappa shape index (κ3) is 3.27. The van der Waals surface area contributed by atoms with E-state index in [0.717, 1.165) is 24.6 Å². The molecule has 1 saturated heterocycles. The van der Waals surface area contributed by atoms with E-state index in [1.807, 2.05) is 19.1 Å². The molecule has 17 heavy (non-hydrogen) atoms. The molecule has 1 fully saturated rings. The number of halogens is 1. The Bertz CT molecular complexity index is 351. The van der Waals surface area contributed by atoms with Crippen molar-refractivity contribution in [2.45, 2.75) is 19.3 Å². The summed E-state index contributed by atoms with van der Waals surface area (Å²) in [6.45, 7) is 4.82. The zero-order valence-electron chi connectivity index (χ0n) is 10.4. The molecule has 0 aromatic heterocycles. The fourth-order valence-electron chi connectivity index (χ4n) is 2.21. The van der Waals surface area contributed by atoms with E-state index in [0.29, 0.717) is 12.5 Å². The quantitative estimate of drug-likeness (QED) is 0.900. The summed E-state index contributed by atoms with van der Waals surface area (Å²) >= 11 is 0. The van der Waals surface area contributed by atoms with E-state index in [2.05, 4.69) is 11.4 Å². The zero-order chi connectivity index (χ0) is 11.4. The summed E-state index contributed by atoms with van der Waals surface area (Å²) in [4.78, 5) is 0. The smallest absolute Gasteiger partial charge is 0.126 e. The lowest BCUT2D eigenvalue weighted by Crippen LogP contribution is -2.08. The summed E-state index contributed by atoms with van der Waals surface area (Å²) < 4.78 is 10.9. The molecule has 1 atom stereocenters. The van der Waals surface area contributed by atoms with E-state index < -0.39 is 0 Å². The Morgan fingerprint density at radius 3 is 2.82 bits per heavy atom. The van der Waals surface area contributed by atoms with Crippen LogP contribution in [0.3, 0.4) is 0 Å². The van der Waals surface area contributed by atoms with Crippen LogP contribution >= 0.6 is 12.4 Å². The first-order valence-corrected chi connectivity index (χ1v) is 5.86. The van der Waals surface area contributed by atoms with Crippen molar-refractivity contribution < 1.29 is 9.47 Å². The average molecular weight is 258 g/mol. The molecule has 0 aliphatic carbocycles. The second-order valence-corrected chi connectivity index (χ2v) is 4.03. The van der Waals surface area contributed by atoms with Gasteiger partial charge >= 0.3 is 0 Å². The fourth-order valence-corrected chi connectivity index (χ4v) is 2.21. The van der Waals surface area contributed by atoms with Crippen LogP contribution in [0.2, 0.25) is 0 Å². The maximum Gasteiger partial charge on any atom is 0.126 e. The number of methoxy groups -OCH3 is 1. The molecule has 1 aromatic rings. The number of rotatable bonds is 4. The number of benzene rings is 1. The molecule has 96 valence electrons. The topological polar surface area (TPSA) is 30.5 Å². The molecule has 4 heteroatoms. The zero-order valence-corrected chi connectivity index (χ0v) is 11.2. The Labute approximate surface area is 109 Å². The minimum Gasteiger partial charge on any atom is -0.496 e. The Kier molecular flexibility index (Phi) is 5.59. The number of nitrogens with one attached hydrogen (secondary N) is 1. The molecule has 1 N–H and O–H groups in total. The Balaban J connectivity index is 0.00000144. The SMILES string of the molecule is CCOc1ccc(C2CCNC2)c(OC)c1.Cl. The predicted octanol–water partition coefficient (Wildman–Crippen LogP) is 2.59. The highest BCUT2D eigenvalue weighted by atomic mass is 35.5. The van der Waals surface area contributed by atoms with Crippen molar-refractivity contribution in [2.24, 2.45) is 0 Å². The van der Waals surface area contributed by atoms with Crippen LogP contribution in [-0.2, 0) is 0 Å². The third-order valence-electron chi connectivity index (χ3n) is 3.02. The first-order chi connectivity index (χ1) is 7.85. The number of ether oxygens (including phenoxy) is 2. The van der Waals surface area contributed by atoms with Crippen LogP contribution < -0.4 is 14.8 Å². The molecular formula is C13H20ClNO2. The summed E-state index contributed by atoms with van der Waals surface area (Å²) in [6.07, 6.45) is 1.18. The first kappa shape index (κ1) is 14.1. The van der Waals surface area contributed by atoms with Crippen LogP contribution in [0.5, 0.6) is 11.5 Å². The van der Waals surface area contributed by atoms with Crippen molar-refractivity contribution >= 4 is 12.4 Å². The van der Waals surface area contributed by atoms with Crippen molar-refractivity contribution in [1.82, 2.24) is 5.32 Å². The lowest BCUT2D eigenvalue weighted by atomic mass is 9.97. The van der Waals surface area contributed by atoms with Gasteiger partial charge in [-0.15, -0.1) is 12.4 Å². The largest absolute Gasteiger partial charge is 0.496 e. The Morgan fingerprint density at radius 1 is 1.41 bits per heavy atom. The van der Waals surface area contributed by atoms with Crippen LogP contribution in [0.4, 0.5) is 0 Å². The van der Waals surface area contributed by atoms with Crippen LogP contribution in [0.15, 0.2) is 18.2 Å². The van der Waals surface area contributed by atoms with Gasteiger partial charge in [0.1, 0.15) is 11.5 Å². The van der Waals surface area contributed by atoms with E-state index >= 15 is 0 Å². The van der Waals surface area contributed by atoms with E-state index in [9.17, 15) is 0 Å². The highest BCUT2D eigenvalue weighted by molar-refractivity contribution is 5.85. The number of hydrogen-bond acceptors (Lipinski definition) is 3. The van der Waals surface area contributed by atoms with Crippen molar-refractivity contribution in [3.63, 3.8) is 0 Å². The van der Waals surface area contributed by atoms with E-state index in [4.69, 9.17) is 9.47 Å². The lowest BCUT2D eigenvalue weighted by molar-refractivity contribution is 0.335. The van der Waals surface area contributed by atoms with Crippen molar-refractivity contribution in [3.8, 4) is 11.5 Å². The normalized spacial score (nSPS) is 18.6. The van der Waals surface area contributed by atoms with Gasteiger partial charge in [-0.3, -0.25) is 0 Å². The maximum absolute atomic E-state index is 5.47. The minimum absolute atomic E-state index is 0. The number of hydrogen-bond donors (Lipinski definition) is 1. The van der Waals surface area contributed by atoms with Gasteiger partial charge in [-0.25, -0.2) is 0 Å². The van der Waals surface area contributed by atoms with E-state index in [1.54, 1.807) is 7.11 Å². The van der Waals surface area contributed by atoms with Crippen LogP contribution in [0.25, 0.3) is 0 Å². The molecule has 1 aliphatic rings. The maximum atomic E-state index is 5.47. The molecule has 2 rings (SSSR count). The van der Waals surface area contributed by atoms with Gasteiger partial charge < -0.3 is 14.8 Å². The second-order valence-electron chi connectivity index (χ2n) is 4.03. The van der Waals surface area contributed by atoms with Crippen LogP contribution in [-0.4, -0.2) is 26.8 Å². The van der Waals surface area contributed by atoms with Gasteiger partial charge in [0.15, 0.2) is 0 Å². The molecule has 0 amide bonds. The molecule has 1 aliphatic heterocycles. The Hall–Kier alpha value is -0.930. The van der Waals surface area contributed by atoms with Crippen molar-refractivity contribution in [3.05, 3.63) is 23.8 Å². The summed E-state index contributed by atoms with van der Waals surface area (Å²) in [5.41, 5.74) is 1.29. The molecule has 1 aromatic carbocycles. The van der Waals surface area contributed by atoms with Crippen molar-refractivity contribution in [1.29, 1.82) is 0 Å². The standard InChI is InChI=1S/C13H19NO2.ClH/c1-3-16-11-4-5-12(13(8-11)15-2)10-6-7-14-9-10;/h4-5,8,10,14H,3,6-7,9H2,1-2H3;1H. The molecule has 3 nitrogen and oxygen atoms in total. The van der Waals surface area contributed by atoms with Crippen LogP contribution in [0, 0.1) is 0 Å². The van der Waals surface area contributed by atoms with Crippen LogP contribution in [0.1, 0.15) is 24.8 Å². The summed E-state index contributed by atoms with van der Waals surface area (Å²) in [7, 11) is 1.72. The van der Waals surface area contributed by atoms with Gasteiger partial charge in [0.25, 0.3) is 0 Å². The molecule has 0 saturated carbocycles. The fraction of sp³-hybridized carbons (Fsp3) is 0.538. The van der Waals surface area contributed by atoms with E-state index in [1.165, 1.54) is 12.0 Å². The second kappa shape index (κ2) is 6.72. The van der Waals surface area contributed by atoms with Gasteiger partial charge in [-0.2, -0.15) is 0 Å². The molecule has 0 radical (unpaired) electrons. The molecule has 0 spiro atoms. The molecular weight excluding hydrogens is 238 g/mol. The first-order valence-electron chi connectivity index (χ1n) is 5.86. The minimum atomic E-state index is 0. The summed E-state index contributed by atoms with van der Waals surface area (Å²) in [5, 5.41) is 3.38. The van der Waals surface area contributed by atoms with Gasteiger partial charge in [0.2, 0.25) is 0 Å². The molecule has 0 bridgehead atoms. The highest BCUT2D eigenvalue weighted by Gasteiger charge is 2.20. The van der Waals surface area contributed by atoms with Gasteiger partial charge in [-0.05, 0) is 31.5 Å². The average Bonchev–Trinajstić information content (AvgIpc) is 2.83. The van der Waals surface area contributed by atoms with Gasteiger partial charge in [0.05, 0.1) is 13.7 Å².